The number of benzene rings is 1. The van der Waals surface area contributed by atoms with Crippen molar-refractivity contribution >= 4 is 22.0 Å². The summed E-state index contributed by atoms with van der Waals surface area (Å²) in [6, 6.07) is 10.1. The quantitative estimate of drug-likeness (QED) is 0.641. The lowest BCUT2D eigenvalue weighted by atomic mass is 10.2. The molecule has 1 saturated heterocycles. The molecule has 1 aromatic rings. The topological polar surface area (TPSA) is 60.9 Å². The van der Waals surface area contributed by atoms with Crippen LogP contribution in [-0.4, -0.2) is 80.5 Å². The van der Waals surface area contributed by atoms with Crippen molar-refractivity contribution in [3.63, 3.8) is 0 Å². The first-order chi connectivity index (χ1) is 12.4. The van der Waals surface area contributed by atoms with Gasteiger partial charge in [0, 0.05) is 39.3 Å². The van der Waals surface area contributed by atoms with Crippen molar-refractivity contribution in [2.75, 3.05) is 52.1 Å². The van der Waals surface area contributed by atoms with Crippen LogP contribution >= 0.6 is 0 Å². The summed E-state index contributed by atoms with van der Waals surface area (Å²) < 4.78 is 24.6. The Morgan fingerprint density at radius 3 is 2.42 bits per heavy atom. The summed E-state index contributed by atoms with van der Waals surface area (Å²) in [7, 11) is -3.41. The summed E-state index contributed by atoms with van der Waals surface area (Å²) in [5.41, 5.74) is 1.17. The van der Waals surface area contributed by atoms with Gasteiger partial charge < -0.3 is 4.90 Å². The number of carbonyl (C=O) groups is 1. The van der Waals surface area contributed by atoms with Crippen LogP contribution in [0.2, 0.25) is 0 Å². The zero-order valence-corrected chi connectivity index (χ0v) is 16.1. The van der Waals surface area contributed by atoms with Gasteiger partial charge in [0.1, 0.15) is 0 Å². The highest BCUT2D eigenvalue weighted by molar-refractivity contribution is 7.88. The highest BCUT2D eigenvalue weighted by Gasteiger charge is 2.25. The minimum absolute atomic E-state index is 0.126. The Kier molecular flexibility index (Phi) is 7.56. The van der Waals surface area contributed by atoms with Gasteiger partial charge in [-0.1, -0.05) is 48.6 Å². The molecule has 0 spiro atoms. The van der Waals surface area contributed by atoms with E-state index in [-0.39, 0.29) is 19.0 Å². The third-order valence-electron chi connectivity index (χ3n) is 4.31. The molecular formula is C19H27N3O3S. The molecule has 0 bridgehead atoms. The van der Waals surface area contributed by atoms with Gasteiger partial charge in [-0.05, 0) is 5.56 Å². The molecule has 0 aliphatic carbocycles. The first-order valence-electron chi connectivity index (χ1n) is 8.68. The van der Waals surface area contributed by atoms with Crippen molar-refractivity contribution in [2.24, 2.45) is 0 Å². The summed E-state index contributed by atoms with van der Waals surface area (Å²) in [6.45, 7) is 7.20. The van der Waals surface area contributed by atoms with Crippen LogP contribution in [0, 0.1) is 0 Å². The second-order valence-electron chi connectivity index (χ2n) is 6.34. The van der Waals surface area contributed by atoms with Crippen molar-refractivity contribution in [1.82, 2.24) is 14.1 Å². The van der Waals surface area contributed by atoms with E-state index in [0.29, 0.717) is 13.1 Å². The summed E-state index contributed by atoms with van der Waals surface area (Å²) in [4.78, 5) is 16.4. The first-order valence-corrected chi connectivity index (χ1v) is 10.5. The van der Waals surface area contributed by atoms with E-state index in [0.717, 1.165) is 30.2 Å². The van der Waals surface area contributed by atoms with E-state index in [1.165, 1.54) is 11.6 Å². The monoisotopic (exact) mass is 377 g/mol. The van der Waals surface area contributed by atoms with Gasteiger partial charge in [0.15, 0.2) is 0 Å². The van der Waals surface area contributed by atoms with E-state index >= 15 is 0 Å². The number of carbonyl (C=O) groups excluding carboxylic acids is 1. The Balaban J connectivity index is 1.79. The molecule has 142 valence electrons. The standard InChI is InChI=1S/C19H27N3O3S/c1-3-11-22(26(2,24)25)17-19(23)21-15-13-20(14-16-21)12-7-10-18-8-5-4-6-9-18/h3-10H,1,11-17H2,2H3/b10-7+. The van der Waals surface area contributed by atoms with Crippen LogP contribution in [0.1, 0.15) is 5.56 Å². The summed E-state index contributed by atoms with van der Waals surface area (Å²) in [6.07, 6.45) is 6.82. The lowest BCUT2D eigenvalue weighted by molar-refractivity contribution is -0.133. The van der Waals surface area contributed by atoms with Crippen LogP contribution < -0.4 is 0 Å². The zero-order chi connectivity index (χ0) is 19.0. The molecule has 0 saturated carbocycles. The van der Waals surface area contributed by atoms with Crippen LogP contribution in [-0.2, 0) is 14.8 Å². The van der Waals surface area contributed by atoms with E-state index in [4.69, 9.17) is 0 Å². The molecule has 1 amide bonds. The van der Waals surface area contributed by atoms with Crippen molar-refractivity contribution in [2.45, 2.75) is 0 Å². The maximum absolute atomic E-state index is 12.4. The highest BCUT2D eigenvalue weighted by atomic mass is 32.2. The molecule has 26 heavy (non-hydrogen) atoms. The van der Waals surface area contributed by atoms with Crippen LogP contribution in [0.4, 0.5) is 0 Å². The number of rotatable bonds is 8. The van der Waals surface area contributed by atoms with E-state index in [9.17, 15) is 13.2 Å². The Morgan fingerprint density at radius 1 is 1.19 bits per heavy atom. The summed E-state index contributed by atoms with van der Waals surface area (Å²) >= 11 is 0. The van der Waals surface area contributed by atoms with Crippen LogP contribution in [0.15, 0.2) is 49.1 Å². The lowest BCUT2D eigenvalue weighted by Crippen LogP contribution is -2.51. The van der Waals surface area contributed by atoms with Crippen LogP contribution in [0.3, 0.4) is 0 Å². The van der Waals surface area contributed by atoms with Gasteiger partial charge in [-0.25, -0.2) is 8.42 Å². The molecule has 1 fully saturated rings. The van der Waals surface area contributed by atoms with Crippen LogP contribution in [0.5, 0.6) is 0 Å². The number of hydrogen-bond acceptors (Lipinski definition) is 4. The average molecular weight is 378 g/mol. The number of hydrogen-bond donors (Lipinski definition) is 0. The molecule has 0 N–H and O–H groups in total. The van der Waals surface area contributed by atoms with Gasteiger partial charge in [-0.3, -0.25) is 9.69 Å². The second-order valence-corrected chi connectivity index (χ2v) is 8.32. The summed E-state index contributed by atoms with van der Waals surface area (Å²) in [5, 5.41) is 0. The van der Waals surface area contributed by atoms with Crippen molar-refractivity contribution in [3.05, 3.63) is 54.6 Å². The van der Waals surface area contributed by atoms with Gasteiger partial charge in [0.25, 0.3) is 0 Å². The number of sulfonamides is 1. The minimum Gasteiger partial charge on any atom is -0.339 e. The fraction of sp³-hybridized carbons (Fsp3) is 0.421. The highest BCUT2D eigenvalue weighted by Crippen LogP contribution is 2.07. The average Bonchev–Trinajstić information content (AvgIpc) is 2.62. The Morgan fingerprint density at radius 2 is 1.85 bits per heavy atom. The molecule has 0 unspecified atom stereocenters. The molecule has 0 atom stereocenters. The molecule has 0 radical (unpaired) electrons. The fourth-order valence-electron chi connectivity index (χ4n) is 2.79. The number of piperazine rings is 1. The smallest absolute Gasteiger partial charge is 0.237 e. The SMILES string of the molecule is C=CCN(CC(=O)N1CCN(C/C=C/c2ccccc2)CC1)S(C)(=O)=O. The maximum atomic E-state index is 12.4. The van der Waals surface area contributed by atoms with E-state index in [1.807, 2.05) is 18.2 Å². The molecule has 2 rings (SSSR count). The van der Waals surface area contributed by atoms with E-state index in [1.54, 1.807) is 4.90 Å². The third kappa shape index (κ3) is 6.40. The van der Waals surface area contributed by atoms with E-state index in [2.05, 4.69) is 35.8 Å². The third-order valence-corrected chi connectivity index (χ3v) is 5.53. The fourth-order valence-corrected chi connectivity index (χ4v) is 3.52. The number of amides is 1. The normalized spacial score (nSPS) is 16.3. The predicted octanol–water partition coefficient (Wildman–Crippen LogP) is 1.29. The molecule has 7 heteroatoms. The van der Waals surface area contributed by atoms with Gasteiger partial charge in [-0.15, -0.1) is 6.58 Å². The molecule has 6 nitrogen and oxygen atoms in total. The predicted molar refractivity (Wildman–Crippen MR) is 105 cm³/mol. The largest absolute Gasteiger partial charge is 0.339 e. The first kappa shape index (κ1) is 20.4. The lowest BCUT2D eigenvalue weighted by Gasteiger charge is -2.35. The van der Waals surface area contributed by atoms with Gasteiger partial charge in [0.2, 0.25) is 15.9 Å². The molecule has 1 aliphatic heterocycles. The van der Waals surface area contributed by atoms with Crippen LogP contribution in [0.25, 0.3) is 6.08 Å². The Hall–Kier alpha value is -1.96. The molecule has 1 aliphatic rings. The maximum Gasteiger partial charge on any atom is 0.237 e. The van der Waals surface area contributed by atoms with Crippen molar-refractivity contribution in [3.8, 4) is 0 Å². The molecule has 1 aromatic carbocycles. The Bertz CT molecular complexity index is 724. The molecular weight excluding hydrogens is 350 g/mol. The molecule has 0 aromatic heterocycles. The minimum atomic E-state index is -3.41. The Labute approximate surface area is 156 Å². The van der Waals surface area contributed by atoms with Crippen molar-refractivity contribution in [1.29, 1.82) is 0 Å². The van der Waals surface area contributed by atoms with Crippen molar-refractivity contribution < 1.29 is 13.2 Å². The van der Waals surface area contributed by atoms with Gasteiger partial charge in [-0.2, -0.15) is 4.31 Å². The zero-order valence-electron chi connectivity index (χ0n) is 15.3. The summed E-state index contributed by atoms with van der Waals surface area (Å²) in [5.74, 6) is -0.156. The number of nitrogens with zero attached hydrogens (tertiary/aromatic N) is 3. The van der Waals surface area contributed by atoms with Gasteiger partial charge in [0.05, 0.1) is 12.8 Å². The molecule has 1 heterocycles. The van der Waals surface area contributed by atoms with Gasteiger partial charge >= 0.3 is 0 Å². The van der Waals surface area contributed by atoms with E-state index < -0.39 is 10.0 Å². The second kappa shape index (κ2) is 9.66.